The molecule has 1 aromatic carbocycles. The van der Waals surface area contributed by atoms with E-state index in [2.05, 4.69) is 55.6 Å². The van der Waals surface area contributed by atoms with E-state index in [9.17, 15) is 0 Å². The summed E-state index contributed by atoms with van der Waals surface area (Å²) in [6.07, 6.45) is 4.28. The fourth-order valence-electron chi connectivity index (χ4n) is 3.79. The first-order valence-electron chi connectivity index (χ1n) is 9.35. The number of aromatic nitrogens is 4. The lowest BCUT2D eigenvalue weighted by atomic mass is 10.1. The van der Waals surface area contributed by atoms with Gasteiger partial charge in [0.2, 0.25) is 0 Å². The zero-order valence-electron chi connectivity index (χ0n) is 15.5. The molecule has 0 amide bonds. The molecule has 26 heavy (non-hydrogen) atoms. The molecule has 1 aliphatic rings. The lowest BCUT2D eigenvalue weighted by Crippen LogP contribution is -2.20. The van der Waals surface area contributed by atoms with Gasteiger partial charge in [0.15, 0.2) is 5.65 Å². The van der Waals surface area contributed by atoms with Crippen LogP contribution in [0.3, 0.4) is 0 Å². The first-order chi connectivity index (χ1) is 12.7. The highest BCUT2D eigenvalue weighted by Crippen LogP contribution is 2.23. The maximum Gasteiger partial charge on any atom is 0.163 e. The number of hydrogen-bond donors (Lipinski definition) is 1. The summed E-state index contributed by atoms with van der Waals surface area (Å²) in [4.78, 5) is 11.6. The highest BCUT2D eigenvalue weighted by molar-refractivity contribution is 5.86. The molecule has 1 N–H and O–H groups in total. The van der Waals surface area contributed by atoms with Gasteiger partial charge >= 0.3 is 0 Å². The largest absolute Gasteiger partial charge is 0.369 e. The van der Waals surface area contributed by atoms with E-state index in [-0.39, 0.29) is 0 Å². The molecular weight excluding hydrogens is 324 g/mol. The molecule has 0 spiro atoms. The molecule has 136 valence electrons. The second-order valence-electron chi connectivity index (χ2n) is 7.22. The monoisotopic (exact) mass is 350 g/mol. The van der Waals surface area contributed by atoms with Gasteiger partial charge in [0.05, 0.1) is 11.6 Å². The Kier molecular flexibility index (Phi) is 4.84. The average Bonchev–Trinajstić information content (AvgIpc) is 3.23. The number of rotatable bonds is 6. The third-order valence-electron chi connectivity index (χ3n) is 5.17. The number of nitrogens with zero attached hydrogens (tertiary/aromatic N) is 5. The van der Waals surface area contributed by atoms with Gasteiger partial charge in [-0.3, -0.25) is 9.58 Å². The smallest absolute Gasteiger partial charge is 0.163 e. The van der Waals surface area contributed by atoms with Crippen molar-refractivity contribution in [3.05, 3.63) is 47.9 Å². The molecule has 6 heteroatoms. The molecular formula is C20H26N6. The lowest BCUT2D eigenvalue weighted by Gasteiger charge is -2.16. The SMILES string of the molecule is Cc1nc(NCC[C@@H]2CCN(Cc3ccccc3)C2)c2cnn(C)c2n1. The van der Waals surface area contributed by atoms with Gasteiger partial charge in [0.1, 0.15) is 11.6 Å². The minimum Gasteiger partial charge on any atom is -0.369 e. The second kappa shape index (κ2) is 7.41. The number of aryl methyl sites for hydroxylation is 2. The van der Waals surface area contributed by atoms with Gasteiger partial charge in [0.25, 0.3) is 0 Å². The number of fused-ring (bicyclic) bond motifs is 1. The van der Waals surface area contributed by atoms with Crippen molar-refractivity contribution in [2.24, 2.45) is 13.0 Å². The molecule has 2 aromatic heterocycles. The van der Waals surface area contributed by atoms with Crippen LogP contribution < -0.4 is 5.32 Å². The van der Waals surface area contributed by atoms with Crippen LogP contribution in [0.5, 0.6) is 0 Å². The van der Waals surface area contributed by atoms with E-state index in [0.717, 1.165) is 48.1 Å². The molecule has 1 atom stereocenters. The van der Waals surface area contributed by atoms with Crippen LogP contribution in [-0.2, 0) is 13.6 Å². The van der Waals surface area contributed by atoms with Crippen molar-refractivity contribution in [2.75, 3.05) is 25.0 Å². The maximum absolute atomic E-state index is 4.56. The van der Waals surface area contributed by atoms with Crippen LogP contribution in [0.15, 0.2) is 36.5 Å². The van der Waals surface area contributed by atoms with Crippen molar-refractivity contribution in [1.29, 1.82) is 0 Å². The Labute approximate surface area is 154 Å². The number of benzene rings is 1. The maximum atomic E-state index is 4.56. The molecule has 0 radical (unpaired) electrons. The van der Waals surface area contributed by atoms with Gasteiger partial charge in [-0.15, -0.1) is 0 Å². The third-order valence-corrected chi connectivity index (χ3v) is 5.17. The van der Waals surface area contributed by atoms with Crippen LogP contribution in [0.1, 0.15) is 24.2 Å². The quantitative estimate of drug-likeness (QED) is 0.741. The zero-order valence-corrected chi connectivity index (χ0v) is 15.5. The Morgan fingerprint density at radius 2 is 2.04 bits per heavy atom. The summed E-state index contributed by atoms with van der Waals surface area (Å²) in [5.74, 6) is 2.43. The number of hydrogen-bond acceptors (Lipinski definition) is 5. The van der Waals surface area contributed by atoms with Crippen molar-refractivity contribution in [1.82, 2.24) is 24.6 Å². The Morgan fingerprint density at radius 1 is 1.19 bits per heavy atom. The fourth-order valence-corrected chi connectivity index (χ4v) is 3.79. The van der Waals surface area contributed by atoms with Crippen molar-refractivity contribution < 1.29 is 0 Å². The van der Waals surface area contributed by atoms with Crippen molar-refractivity contribution >= 4 is 16.9 Å². The number of nitrogens with one attached hydrogen (secondary N) is 1. The summed E-state index contributed by atoms with van der Waals surface area (Å²) in [5, 5.41) is 8.81. The van der Waals surface area contributed by atoms with Gasteiger partial charge in [-0.25, -0.2) is 9.97 Å². The average molecular weight is 350 g/mol. The van der Waals surface area contributed by atoms with Crippen LogP contribution in [0, 0.1) is 12.8 Å². The minimum atomic E-state index is 0.749. The third kappa shape index (κ3) is 3.70. The van der Waals surface area contributed by atoms with E-state index < -0.39 is 0 Å². The van der Waals surface area contributed by atoms with Crippen LogP contribution in [-0.4, -0.2) is 44.3 Å². The summed E-state index contributed by atoms with van der Waals surface area (Å²) < 4.78 is 1.80. The summed E-state index contributed by atoms with van der Waals surface area (Å²) in [5.41, 5.74) is 2.29. The normalized spacial score (nSPS) is 17.8. The highest BCUT2D eigenvalue weighted by atomic mass is 15.3. The Hall–Kier alpha value is -2.47. The summed E-state index contributed by atoms with van der Waals surface area (Å²) in [7, 11) is 1.92. The molecule has 1 fully saturated rings. The Bertz CT molecular complexity index is 873. The minimum absolute atomic E-state index is 0.749. The van der Waals surface area contributed by atoms with E-state index in [4.69, 9.17) is 0 Å². The van der Waals surface area contributed by atoms with E-state index in [1.54, 1.807) is 4.68 Å². The Balaban J connectivity index is 1.30. The first-order valence-corrected chi connectivity index (χ1v) is 9.35. The second-order valence-corrected chi connectivity index (χ2v) is 7.22. The topological polar surface area (TPSA) is 58.9 Å². The van der Waals surface area contributed by atoms with E-state index >= 15 is 0 Å². The fraction of sp³-hybridized carbons (Fsp3) is 0.450. The summed E-state index contributed by atoms with van der Waals surface area (Å²) in [6.45, 7) is 6.30. The molecule has 1 saturated heterocycles. The van der Waals surface area contributed by atoms with Gasteiger partial charge in [-0.2, -0.15) is 5.10 Å². The van der Waals surface area contributed by atoms with Crippen LogP contribution in [0.25, 0.3) is 11.0 Å². The predicted molar refractivity (Wildman–Crippen MR) is 104 cm³/mol. The standard InChI is InChI=1S/C20H26N6/c1-15-23-19(18-12-22-25(2)20(18)24-15)21-10-8-17-9-11-26(14-17)13-16-6-4-3-5-7-16/h3-7,12,17H,8-11,13-14H2,1-2H3,(H,21,23,24)/t17-/m1/s1. The molecule has 0 bridgehead atoms. The Morgan fingerprint density at radius 3 is 2.88 bits per heavy atom. The van der Waals surface area contributed by atoms with Gasteiger partial charge < -0.3 is 5.32 Å². The summed E-state index contributed by atoms with van der Waals surface area (Å²) >= 11 is 0. The van der Waals surface area contributed by atoms with Crippen LogP contribution in [0.4, 0.5) is 5.82 Å². The van der Waals surface area contributed by atoms with Crippen molar-refractivity contribution in [3.8, 4) is 0 Å². The number of anilines is 1. The molecule has 1 aliphatic heterocycles. The molecule has 4 rings (SSSR count). The molecule has 0 saturated carbocycles. The van der Waals surface area contributed by atoms with E-state index in [1.807, 2.05) is 20.2 Å². The molecule has 0 aliphatic carbocycles. The zero-order chi connectivity index (χ0) is 17.9. The molecule has 6 nitrogen and oxygen atoms in total. The summed E-state index contributed by atoms with van der Waals surface area (Å²) in [6, 6.07) is 10.7. The van der Waals surface area contributed by atoms with Gasteiger partial charge in [0, 0.05) is 26.7 Å². The van der Waals surface area contributed by atoms with E-state index in [1.165, 1.54) is 25.1 Å². The molecule has 3 heterocycles. The first kappa shape index (κ1) is 17.0. The van der Waals surface area contributed by atoms with Crippen molar-refractivity contribution in [2.45, 2.75) is 26.3 Å². The van der Waals surface area contributed by atoms with Crippen LogP contribution in [0.2, 0.25) is 0 Å². The van der Waals surface area contributed by atoms with E-state index in [0.29, 0.717) is 0 Å². The molecule has 3 aromatic rings. The lowest BCUT2D eigenvalue weighted by molar-refractivity contribution is 0.314. The van der Waals surface area contributed by atoms with Gasteiger partial charge in [-0.05, 0) is 37.8 Å². The predicted octanol–water partition coefficient (Wildman–Crippen LogP) is 3.00. The van der Waals surface area contributed by atoms with Crippen LogP contribution >= 0.6 is 0 Å². The highest BCUT2D eigenvalue weighted by Gasteiger charge is 2.22. The van der Waals surface area contributed by atoms with Crippen molar-refractivity contribution in [3.63, 3.8) is 0 Å². The molecule has 0 unspecified atom stereocenters. The number of likely N-dealkylation sites (tertiary alicyclic amines) is 1. The van der Waals surface area contributed by atoms with Gasteiger partial charge in [-0.1, -0.05) is 30.3 Å².